The third-order valence-corrected chi connectivity index (χ3v) is 6.02. The SMILES string of the molecule is CC(CCl)(NS(=O)(=O)CCS(C)(=O)=O)c1ccccc1. The van der Waals surface area contributed by atoms with Gasteiger partial charge in [-0.1, -0.05) is 30.3 Å². The highest BCUT2D eigenvalue weighted by atomic mass is 35.5. The molecule has 1 rings (SSSR count). The minimum absolute atomic E-state index is 0.0368. The zero-order chi connectivity index (χ0) is 15.4. The summed E-state index contributed by atoms with van der Waals surface area (Å²) in [6, 6.07) is 8.91. The number of nitrogens with one attached hydrogen (secondary N) is 1. The topological polar surface area (TPSA) is 80.3 Å². The molecule has 0 aromatic heterocycles. The fourth-order valence-corrected chi connectivity index (χ4v) is 4.99. The van der Waals surface area contributed by atoms with Gasteiger partial charge in [-0.05, 0) is 12.5 Å². The van der Waals surface area contributed by atoms with Crippen molar-refractivity contribution in [2.45, 2.75) is 12.5 Å². The van der Waals surface area contributed by atoms with Crippen molar-refractivity contribution in [1.29, 1.82) is 0 Å². The van der Waals surface area contributed by atoms with Gasteiger partial charge < -0.3 is 0 Å². The average Bonchev–Trinajstić information content (AvgIpc) is 2.36. The van der Waals surface area contributed by atoms with E-state index in [2.05, 4.69) is 4.72 Å². The minimum atomic E-state index is -3.75. The highest BCUT2D eigenvalue weighted by molar-refractivity contribution is 7.93. The fraction of sp³-hybridized carbons (Fsp3) is 0.500. The van der Waals surface area contributed by atoms with E-state index in [1.165, 1.54) is 0 Å². The van der Waals surface area contributed by atoms with E-state index < -0.39 is 36.9 Å². The number of hydrogen-bond donors (Lipinski definition) is 1. The number of sulfonamides is 1. The molecule has 0 aliphatic rings. The summed E-state index contributed by atoms with van der Waals surface area (Å²) in [7, 11) is -7.08. The van der Waals surface area contributed by atoms with E-state index >= 15 is 0 Å². The van der Waals surface area contributed by atoms with Gasteiger partial charge in [0.25, 0.3) is 0 Å². The van der Waals surface area contributed by atoms with E-state index in [-0.39, 0.29) is 5.88 Å². The number of hydrogen-bond acceptors (Lipinski definition) is 4. The van der Waals surface area contributed by atoms with E-state index in [0.29, 0.717) is 0 Å². The number of rotatable bonds is 7. The van der Waals surface area contributed by atoms with E-state index in [1.807, 2.05) is 6.07 Å². The first kappa shape index (κ1) is 17.4. The quantitative estimate of drug-likeness (QED) is 0.754. The van der Waals surface area contributed by atoms with Crippen molar-refractivity contribution >= 4 is 31.5 Å². The second kappa shape index (κ2) is 6.43. The van der Waals surface area contributed by atoms with Crippen molar-refractivity contribution in [1.82, 2.24) is 4.72 Å². The van der Waals surface area contributed by atoms with Crippen LogP contribution >= 0.6 is 11.6 Å². The summed E-state index contributed by atoms with van der Waals surface area (Å²) >= 11 is 5.89. The molecule has 1 atom stereocenters. The van der Waals surface area contributed by atoms with Crippen LogP contribution < -0.4 is 4.72 Å². The first-order valence-electron chi connectivity index (χ1n) is 5.89. The van der Waals surface area contributed by atoms with Crippen LogP contribution in [-0.4, -0.2) is 40.5 Å². The Hall–Kier alpha value is -0.630. The van der Waals surface area contributed by atoms with Gasteiger partial charge in [0.1, 0.15) is 9.84 Å². The minimum Gasteiger partial charge on any atom is -0.229 e. The first-order valence-corrected chi connectivity index (χ1v) is 10.1. The molecule has 1 aromatic carbocycles. The lowest BCUT2D eigenvalue weighted by Gasteiger charge is -2.28. The Bertz CT molecular complexity index is 643. The lowest BCUT2D eigenvalue weighted by molar-refractivity contribution is 0.477. The normalized spacial score (nSPS) is 15.8. The van der Waals surface area contributed by atoms with Crippen LogP contribution in [0.5, 0.6) is 0 Å². The van der Waals surface area contributed by atoms with Gasteiger partial charge in [-0.2, -0.15) is 0 Å². The molecule has 0 spiro atoms. The van der Waals surface area contributed by atoms with Crippen LogP contribution in [0.3, 0.4) is 0 Å². The van der Waals surface area contributed by atoms with Gasteiger partial charge in [0.15, 0.2) is 0 Å². The first-order chi connectivity index (χ1) is 9.08. The van der Waals surface area contributed by atoms with Crippen molar-refractivity contribution in [2.75, 3.05) is 23.6 Å². The Morgan fingerprint density at radius 1 is 1.10 bits per heavy atom. The maximum Gasteiger partial charge on any atom is 0.213 e. The number of halogens is 1. The Labute approximate surface area is 125 Å². The van der Waals surface area contributed by atoms with Gasteiger partial charge in [-0.15, -0.1) is 11.6 Å². The number of sulfone groups is 1. The van der Waals surface area contributed by atoms with Crippen LogP contribution in [0.25, 0.3) is 0 Å². The second-order valence-electron chi connectivity index (χ2n) is 4.88. The number of alkyl halides is 1. The predicted molar refractivity (Wildman–Crippen MR) is 81.1 cm³/mol. The highest BCUT2D eigenvalue weighted by Crippen LogP contribution is 2.23. The predicted octanol–water partition coefficient (Wildman–Crippen LogP) is 1.10. The molecule has 8 heteroatoms. The van der Waals surface area contributed by atoms with E-state index in [1.54, 1.807) is 31.2 Å². The Balaban J connectivity index is 2.93. The van der Waals surface area contributed by atoms with Crippen molar-refractivity contribution in [3.63, 3.8) is 0 Å². The molecule has 0 saturated carbocycles. The second-order valence-corrected chi connectivity index (χ2v) is 9.25. The molecule has 0 bridgehead atoms. The summed E-state index contributed by atoms with van der Waals surface area (Å²) in [5.41, 5.74) is -0.253. The molecule has 0 aliphatic carbocycles. The largest absolute Gasteiger partial charge is 0.229 e. The van der Waals surface area contributed by atoms with Crippen LogP contribution in [0.15, 0.2) is 30.3 Å². The van der Waals surface area contributed by atoms with Crippen LogP contribution in [0.4, 0.5) is 0 Å². The van der Waals surface area contributed by atoms with Gasteiger partial charge in [-0.25, -0.2) is 21.6 Å². The maximum absolute atomic E-state index is 12.0. The Kier molecular flexibility index (Phi) is 5.60. The zero-order valence-corrected chi connectivity index (χ0v) is 13.7. The van der Waals surface area contributed by atoms with Crippen LogP contribution in [0.2, 0.25) is 0 Å². The summed E-state index contributed by atoms with van der Waals surface area (Å²) in [4.78, 5) is 0. The fourth-order valence-electron chi connectivity index (χ4n) is 1.62. The maximum atomic E-state index is 12.0. The molecule has 0 radical (unpaired) electrons. The van der Waals surface area contributed by atoms with Crippen LogP contribution in [0.1, 0.15) is 12.5 Å². The molecule has 0 fully saturated rings. The van der Waals surface area contributed by atoms with Gasteiger partial charge in [0.2, 0.25) is 10.0 Å². The van der Waals surface area contributed by atoms with E-state index in [9.17, 15) is 16.8 Å². The molecule has 114 valence electrons. The van der Waals surface area contributed by atoms with E-state index in [4.69, 9.17) is 11.6 Å². The molecule has 1 N–H and O–H groups in total. The van der Waals surface area contributed by atoms with Crippen molar-refractivity contribution < 1.29 is 16.8 Å². The molecule has 1 unspecified atom stereocenters. The Morgan fingerprint density at radius 3 is 2.10 bits per heavy atom. The van der Waals surface area contributed by atoms with E-state index in [0.717, 1.165) is 11.8 Å². The molecule has 0 saturated heterocycles. The van der Waals surface area contributed by atoms with Gasteiger partial charge in [-0.3, -0.25) is 0 Å². The summed E-state index contributed by atoms with van der Waals surface area (Å²) in [5, 5.41) is 0. The standard InChI is InChI=1S/C12H18ClNO4S2/c1-12(10-13,11-6-4-3-5-7-11)14-20(17,18)9-8-19(2,15)16/h3-7,14H,8-10H2,1-2H3. The number of benzene rings is 1. The lowest BCUT2D eigenvalue weighted by Crippen LogP contribution is -2.46. The van der Waals surface area contributed by atoms with Crippen molar-refractivity contribution in [3.8, 4) is 0 Å². The lowest BCUT2D eigenvalue weighted by atomic mass is 9.96. The summed E-state index contributed by atoms with van der Waals surface area (Å²) < 4.78 is 48.6. The average molecular weight is 340 g/mol. The van der Waals surface area contributed by atoms with Gasteiger partial charge in [0.05, 0.1) is 17.0 Å². The summed E-state index contributed by atoms with van der Waals surface area (Å²) in [6.45, 7) is 1.66. The molecular weight excluding hydrogens is 322 g/mol. The summed E-state index contributed by atoms with van der Waals surface area (Å²) in [5.74, 6) is -0.865. The van der Waals surface area contributed by atoms with Gasteiger partial charge in [0, 0.05) is 12.1 Å². The van der Waals surface area contributed by atoms with Crippen LogP contribution in [-0.2, 0) is 25.4 Å². The zero-order valence-electron chi connectivity index (χ0n) is 11.3. The monoisotopic (exact) mass is 339 g/mol. The molecular formula is C12H18ClNO4S2. The van der Waals surface area contributed by atoms with Crippen molar-refractivity contribution in [3.05, 3.63) is 35.9 Å². The van der Waals surface area contributed by atoms with Crippen molar-refractivity contribution in [2.24, 2.45) is 0 Å². The highest BCUT2D eigenvalue weighted by Gasteiger charge is 2.31. The smallest absolute Gasteiger partial charge is 0.213 e. The third-order valence-electron chi connectivity index (χ3n) is 2.78. The molecule has 1 aromatic rings. The van der Waals surface area contributed by atoms with Crippen LogP contribution in [0, 0.1) is 0 Å². The Morgan fingerprint density at radius 2 is 1.65 bits per heavy atom. The third kappa shape index (κ3) is 5.40. The summed E-state index contributed by atoms with van der Waals surface area (Å²) in [6.07, 6.45) is 1.00. The molecule has 0 aliphatic heterocycles. The van der Waals surface area contributed by atoms with Gasteiger partial charge >= 0.3 is 0 Å². The molecule has 20 heavy (non-hydrogen) atoms. The molecule has 0 amide bonds. The molecule has 0 heterocycles. The molecule has 5 nitrogen and oxygen atoms in total.